The smallest absolute Gasteiger partial charge is 0.145 e. The van der Waals surface area contributed by atoms with Crippen LogP contribution in [0.4, 0.5) is 5.69 Å². The summed E-state index contributed by atoms with van der Waals surface area (Å²) in [5.41, 5.74) is 0.795. The van der Waals surface area contributed by atoms with Crippen molar-refractivity contribution in [2.24, 2.45) is 5.92 Å². The van der Waals surface area contributed by atoms with E-state index in [2.05, 4.69) is 17.3 Å². The van der Waals surface area contributed by atoms with E-state index < -0.39 is 0 Å². The lowest BCUT2D eigenvalue weighted by Crippen LogP contribution is -2.32. The van der Waals surface area contributed by atoms with Gasteiger partial charge in [0, 0.05) is 6.20 Å². The van der Waals surface area contributed by atoms with Crippen molar-refractivity contribution in [1.29, 1.82) is 10.5 Å². The molecule has 0 saturated carbocycles. The number of rotatable bonds is 5. The average Bonchev–Trinajstić information content (AvgIpc) is 2.56. The fourth-order valence-electron chi connectivity index (χ4n) is 2.39. The number of anilines is 1. The molecule has 1 N–H and O–H groups in total. The number of benzene rings is 1. The Kier molecular flexibility index (Phi) is 5.82. The molecule has 2 rings (SSSR count). The Labute approximate surface area is 131 Å². The standard InChI is InChI=1S/C17H20N4O/c1-21-8-6-14(7-9-21)13-22-17-5-3-2-4-16(17)20-12-15(10-18)11-19/h2-5,12,14,20H,6-9,13H2,1H3. The van der Waals surface area contributed by atoms with Gasteiger partial charge in [-0.2, -0.15) is 10.5 Å². The highest BCUT2D eigenvalue weighted by Crippen LogP contribution is 2.26. The summed E-state index contributed by atoms with van der Waals surface area (Å²) >= 11 is 0. The Morgan fingerprint density at radius 2 is 2.00 bits per heavy atom. The lowest BCUT2D eigenvalue weighted by atomic mass is 9.98. The Morgan fingerprint density at radius 3 is 2.68 bits per heavy atom. The van der Waals surface area contributed by atoms with Gasteiger partial charge in [-0.3, -0.25) is 0 Å². The molecule has 1 heterocycles. The summed E-state index contributed by atoms with van der Waals surface area (Å²) in [6.07, 6.45) is 3.70. The summed E-state index contributed by atoms with van der Waals surface area (Å²) in [5.74, 6) is 1.32. The Hall–Kier alpha value is -2.50. The molecule has 22 heavy (non-hydrogen) atoms. The monoisotopic (exact) mass is 296 g/mol. The van der Waals surface area contributed by atoms with Gasteiger partial charge in [0.1, 0.15) is 23.5 Å². The van der Waals surface area contributed by atoms with Crippen molar-refractivity contribution in [2.75, 3.05) is 32.1 Å². The molecule has 1 aliphatic heterocycles. The highest BCUT2D eigenvalue weighted by molar-refractivity contribution is 5.59. The van der Waals surface area contributed by atoms with Gasteiger partial charge < -0.3 is 15.0 Å². The maximum Gasteiger partial charge on any atom is 0.145 e. The van der Waals surface area contributed by atoms with E-state index in [4.69, 9.17) is 15.3 Å². The van der Waals surface area contributed by atoms with E-state index in [0.717, 1.165) is 37.4 Å². The lowest BCUT2D eigenvalue weighted by molar-refractivity contribution is 0.160. The summed E-state index contributed by atoms with van der Waals surface area (Å²) < 4.78 is 5.94. The van der Waals surface area contributed by atoms with Gasteiger partial charge in [0.25, 0.3) is 0 Å². The summed E-state index contributed by atoms with van der Waals surface area (Å²) in [6, 6.07) is 11.2. The van der Waals surface area contributed by atoms with Gasteiger partial charge in [0.15, 0.2) is 0 Å². The first-order valence-corrected chi connectivity index (χ1v) is 7.40. The lowest BCUT2D eigenvalue weighted by Gasteiger charge is -2.28. The SMILES string of the molecule is CN1CCC(COc2ccccc2NC=C(C#N)C#N)CC1. The second kappa shape index (κ2) is 8.07. The maximum absolute atomic E-state index is 8.75. The zero-order valence-corrected chi connectivity index (χ0v) is 12.7. The van der Waals surface area contributed by atoms with Gasteiger partial charge >= 0.3 is 0 Å². The maximum atomic E-state index is 8.75. The van der Waals surface area contributed by atoms with Gasteiger partial charge in [-0.15, -0.1) is 0 Å². The molecule has 1 fully saturated rings. The van der Waals surface area contributed by atoms with Crippen LogP contribution < -0.4 is 10.1 Å². The predicted octanol–water partition coefficient (Wildman–Crippen LogP) is 2.75. The Morgan fingerprint density at radius 1 is 1.32 bits per heavy atom. The van der Waals surface area contributed by atoms with Crippen LogP contribution in [0.1, 0.15) is 12.8 Å². The summed E-state index contributed by atoms with van der Waals surface area (Å²) in [5, 5.41) is 20.5. The average molecular weight is 296 g/mol. The summed E-state index contributed by atoms with van der Waals surface area (Å²) in [6.45, 7) is 2.92. The summed E-state index contributed by atoms with van der Waals surface area (Å²) in [4.78, 5) is 2.34. The molecule has 0 atom stereocenters. The van der Waals surface area contributed by atoms with Crippen LogP contribution >= 0.6 is 0 Å². The minimum absolute atomic E-state index is 0.0325. The van der Waals surface area contributed by atoms with Crippen LogP contribution in [0.25, 0.3) is 0 Å². The molecule has 0 spiro atoms. The topological polar surface area (TPSA) is 72.1 Å². The van der Waals surface area contributed by atoms with Crippen LogP contribution in [0, 0.1) is 28.6 Å². The Bertz CT molecular complexity index is 588. The number of para-hydroxylation sites is 2. The first-order chi connectivity index (χ1) is 10.7. The van der Waals surface area contributed by atoms with Crippen LogP contribution in [0.2, 0.25) is 0 Å². The Balaban J connectivity index is 1.95. The first kappa shape index (κ1) is 15.9. The zero-order valence-electron chi connectivity index (χ0n) is 12.7. The van der Waals surface area contributed by atoms with Crippen molar-refractivity contribution >= 4 is 5.69 Å². The first-order valence-electron chi connectivity index (χ1n) is 7.40. The van der Waals surface area contributed by atoms with Crippen LogP contribution in [0.15, 0.2) is 36.0 Å². The van der Waals surface area contributed by atoms with Crippen molar-refractivity contribution in [2.45, 2.75) is 12.8 Å². The third-order valence-corrected chi connectivity index (χ3v) is 3.81. The molecule has 5 heteroatoms. The number of ether oxygens (including phenoxy) is 1. The molecular weight excluding hydrogens is 276 g/mol. The van der Waals surface area contributed by atoms with E-state index in [0.29, 0.717) is 12.5 Å². The van der Waals surface area contributed by atoms with Crippen LogP contribution in [0.3, 0.4) is 0 Å². The number of likely N-dealkylation sites (tertiary alicyclic amines) is 1. The fraction of sp³-hybridized carbons (Fsp3) is 0.412. The quantitative estimate of drug-likeness (QED) is 0.846. The van der Waals surface area contributed by atoms with E-state index >= 15 is 0 Å². The molecule has 1 aromatic carbocycles. The molecule has 1 saturated heterocycles. The molecular formula is C17H20N4O. The predicted molar refractivity (Wildman–Crippen MR) is 85.1 cm³/mol. The second-order valence-electron chi connectivity index (χ2n) is 5.48. The summed E-state index contributed by atoms with van der Waals surface area (Å²) in [7, 11) is 2.14. The third kappa shape index (κ3) is 4.51. The molecule has 1 aromatic rings. The number of nitrogens with zero attached hydrogens (tertiary/aromatic N) is 3. The number of allylic oxidation sites excluding steroid dienone is 1. The van der Waals surface area contributed by atoms with Crippen molar-refractivity contribution in [1.82, 2.24) is 4.90 Å². The van der Waals surface area contributed by atoms with Crippen LogP contribution in [0.5, 0.6) is 5.75 Å². The fourth-order valence-corrected chi connectivity index (χ4v) is 2.39. The van der Waals surface area contributed by atoms with Crippen molar-refractivity contribution < 1.29 is 4.74 Å². The van der Waals surface area contributed by atoms with Gasteiger partial charge in [-0.25, -0.2) is 0 Å². The molecule has 0 amide bonds. The number of piperidine rings is 1. The molecule has 114 valence electrons. The molecule has 0 unspecified atom stereocenters. The highest BCUT2D eigenvalue weighted by atomic mass is 16.5. The van der Waals surface area contributed by atoms with E-state index in [1.807, 2.05) is 36.4 Å². The molecule has 0 bridgehead atoms. The molecule has 0 aromatic heterocycles. The third-order valence-electron chi connectivity index (χ3n) is 3.81. The normalized spacial score (nSPS) is 15.4. The van der Waals surface area contributed by atoms with E-state index in [9.17, 15) is 0 Å². The molecule has 0 radical (unpaired) electrons. The molecule has 0 aliphatic carbocycles. The van der Waals surface area contributed by atoms with E-state index in [1.54, 1.807) is 0 Å². The molecule has 1 aliphatic rings. The number of nitrogens with one attached hydrogen (secondary N) is 1. The number of hydrogen-bond donors (Lipinski definition) is 1. The minimum Gasteiger partial charge on any atom is -0.491 e. The van der Waals surface area contributed by atoms with Crippen LogP contribution in [-0.2, 0) is 0 Å². The largest absolute Gasteiger partial charge is 0.491 e. The van der Waals surface area contributed by atoms with Crippen molar-refractivity contribution in [3.63, 3.8) is 0 Å². The van der Waals surface area contributed by atoms with Gasteiger partial charge in [-0.1, -0.05) is 12.1 Å². The van der Waals surface area contributed by atoms with Gasteiger partial charge in [0.05, 0.1) is 12.3 Å². The van der Waals surface area contributed by atoms with Crippen molar-refractivity contribution in [3.05, 3.63) is 36.0 Å². The minimum atomic E-state index is 0.0325. The number of hydrogen-bond acceptors (Lipinski definition) is 5. The van der Waals surface area contributed by atoms with Gasteiger partial charge in [0.2, 0.25) is 0 Å². The van der Waals surface area contributed by atoms with E-state index in [1.165, 1.54) is 6.20 Å². The van der Waals surface area contributed by atoms with E-state index in [-0.39, 0.29) is 5.57 Å². The van der Waals surface area contributed by atoms with Crippen molar-refractivity contribution in [3.8, 4) is 17.9 Å². The second-order valence-corrected chi connectivity index (χ2v) is 5.48. The zero-order chi connectivity index (χ0) is 15.8. The van der Waals surface area contributed by atoms with Crippen LogP contribution in [-0.4, -0.2) is 31.6 Å². The van der Waals surface area contributed by atoms with Gasteiger partial charge in [-0.05, 0) is 51.0 Å². The molecule has 5 nitrogen and oxygen atoms in total. The highest BCUT2D eigenvalue weighted by Gasteiger charge is 2.17. The number of nitriles is 2.